The number of nitrogens with one attached hydrogen (secondary N) is 1. The Morgan fingerprint density at radius 3 is 2.88 bits per heavy atom. The van der Waals surface area contributed by atoms with Gasteiger partial charge in [0.2, 0.25) is 0 Å². The fourth-order valence-electron chi connectivity index (χ4n) is 1.97. The summed E-state index contributed by atoms with van der Waals surface area (Å²) in [6.07, 6.45) is 1.28. The van der Waals surface area contributed by atoms with E-state index < -0.39 is 0 Å². The Labute approximate surface area is 117 Å². The Balaban J connectivity index is 2.04. The van der Waals surface area contributed by atoms with E-state index in [4.69, 9.17) is 4.74 Å². The fraction of sp³-hybridized carbons (Fsp3) is 0.417. The van der Waals surface area contributed by atoms with Crippen molar-refractivity contribution in [2.75, 3.05) is 11.9 Å². The summed E-state index contributed by atoms with van der Waals surface area (Å²) in [5.41, 5.74) is 2.32. The molecule has 1 aromatic carbocycles. The molecule has 0 amide bonds. The van der Waals surface area contributed by atoms with E-state index in [1.54, 1.807) is 0 Å². The van der Waals surface area contributed by atoms with Crippen LogP contribution in [0.25, 0.3) is 0 Å². The molecule has 92 valence electrons. The Morgan fingerprint density at radius 2 is 2.18 bits per heavy atom. The minimum atomic E-state index is -0.143. The zero-order valence-corrected chi connectivity index (χ0v) is 12.6. The first-order valence-electron chi connectivity index (χ1n) is 5.50. The number of halogens is 2. The van der Waals surface area contributed by atoms with Crippen LogP contribution in [0.3, 0.4) is 0 Å². The van der Waals surface area contributed by atoms with Gasteiger partial charge in [-0.1, -0.05) is 0 Å². The van der Waals surface area contributed by atoms with Gasteiger partial charge >= 0.3 is 5.97 Å². The maximum absolute atomic E-state index is 11.4. The molecule has 0 fully saturated rings. The highest BCUT2D eigenvalue weighted by Gasteiger charge is 2.24. The van der Waals surface area contributed by atoms with Gasteiger partial charge in [-0.25, -0.2) is 0 Å². The predicted molar refractivity (Wildman–Crippen MR) is 74.2 cm³/mol. The maximum atomic E-state index is 11.4. The predicted octanol–water partition coefficient (Wildman–Crippen LogP) is 3.50. The summed E-state index contributed by atoms with van der Waals surface area (Å²) in [6.45, 7) is 2.26. The summed E-state index contributed by atoms with van der Waals surface area (Å²) < 4.78 is 7.00. The van der Waals surface area contributed by atoms with Gasteiger partial charge in [-0.05, 0) is 62.9 Å². The third-order valence-corrected chi connectivity index (χ3v) is 4.53. The third kappa shape index (κ3) is 3.01. The first-order valence-corrected chi connectivity index (χ1v) is 7.08. The summed E-state index contributed by atoms with van der Waals surface area (Å²) in [7, 11) is 0. The second kappa shape index (κ2) is 5.40. The first kappa shape index (κ1) is 12.9. The summed E-state index contributed by atoms with van der Waals surface area (Å²) in [4.78, 5) is 11.4. The number of rotatable bonds is 3. The molecule has 5 heteroatoms. The zero-order chi connectivity index (χ0) is 12.4. The van der Waals surface area contributed by atoms with Crippen molar-refractivity contribution >= 4 is 43.5 Å². The van der Waals surface area contributed by atoms with Crippen molar-refractivity contribution in [2.24, 2.45) is 0 Å². The average molecular weight is 363 g/mol. The van der Waals surface area contributed by atoms with Gasteiger partial charge in [0.15, 0.2) is 0 Å². The number of benzene rings is 1. The van der Waals surface area contributed by atoms with Gasteiger partial charge in [0.25, 0.3) is 0 Å². The van der Waals surface area contributed by atoms with Crippen LogP contribution in [0.2, 0.25) is 0 Å². The van der Waals surface area contributed by atoms with Gasteiger partial charge < -0.3 is 10.1 Å². The Morgan fingerprint density at radius 1 is 1.47 bits per heavy atom. The third-order valence-electron chi connectivity index (χ3n) is 2.69. The van der Waals surface area contributed by atoms with Crippen LogP contribution in [0.1, 0.15) is 18.9 Å². The molecule has 0 aliphatic carbocycles. The molecule has 2 rings (SSSR count). The minimum Gasteiger partial charge on any atom is -0.466 e. The van der Waals surface area contributed by atoms with Crippen molar-refractivity contribution in [2.45, 2.75) is 25.8 Å². The zero-order valence-electron chi connectivity index (χ0n) is 9.43. The Bertz CT molecular complexity index is 417. The van der Waals surface area contributed by atoms with Crippen molar-refractivity contribution < 1.29 is 9.53 Å². The summed E-state index contributed by atoms with van der Waals surface area (Å²) >= 11 is 6.94. The highest BCUT2D eigenvalue weighted by atomic mass is 79.9. The lowest BCUT2D eigenvalue weighted by molar-refractivity contribution is -0.143. The molecule has 0 saturated heterocycles. The second-order valence-electron chi connectivity index (χ2n) is 3.98. The van der Waals surface area contributed by atoms with Gasteiger partial charge in [0.05, 0.1) is 13.0 Å². The van der Waals surface area contributed by atoms with E-state index in [-0.39, 0.29) is 12.0 Å². The minimum absolute atomic E-state index is 0.143. The molecule has 1 unspecified atom stereocenters. The molecule has 1 atom stereocenters. The first-order chi connectivity index (χ1) is 8.10. The molecule has 1 N–H and O–H groups in total. The van der Waals surface area contributed by atoms with Crippen molar-refractivity contribution in [3.8, 4) is 0 Å². The van der Waals surface area contributed by atoms with E-state index in [1.807, 2.05) is 13.0 Å². The molecule has 0 spiro atoms. The number of anilines is 1. The number of carbonyl (C=O) groups is 1. The number of hydrogen-bond donors (Lipinski definition) is 1. The number of ether oxygens (including phenoxy) is 1. The highest BCUT2D eigenvalue weighted by molar-refractivity contribution is 9.13. The van der Waals surface area contributed by atoms with Crippen LogP contribution in [0, 0.1) is 0 Å². The van der Waals surface area contributed by atoms with Crippen LogP contribution in [0.15, 0.2) is 21.1 Å². The topological polar surface area (TPSA) is 38.3 Å². The standard InChI is InChI=1S/C12H13Br2NO2/c1-2-17-12(16)5-8-3-7-4-9(13)10(14)6-11(7)15-8/h4,6,8,15H,2-3,5H2,1H3. The van der Waals surface area contributed by atoms with Gasteiger partial charge in [-0.3, -0.25) is 4.79 Å². The molecule has 17 heavy (non-hydrogen) atoms. The SMILES string of the molecule is CCOC(=O)CC1Cc2cc(Br)c(Br)cc2N1. The van der Waals surface area contributed by atoms with Crippen molar-refractivity contribution in [1.82, 2.24) is 0 Å². The van der Waals surface area contributed by atoms with Crippen LogP contribution < -0.4 is 5.32 Å². The normalized spacial score (nSPS) is 17.5. The molecule has 0 bridgehead atoms. The van der Waals surface area contributed by atoms with E-state index in [2.05, 4.69) is 43.2 Å². The lowest BCUT2D eigenvalue weighted by atomic mass is 10.1. The number of hydrogen-bond acceptors (Lipinski definition) is 3. The molecule has 3 nitrogen and oxygen atoms in total. The molecule has 0 aromatic heterocycles. The van der Waals surface area contributed by atoms with E-state index >= 15 is 0 Å². The maximum Gasteiger partial charge on any atom is 0.307 e. The second-order valence-corrected chi connectivity index (χ2v) is 5.69. The van der Waals surface area contributed by atoms with E-state index in [0.717, 1.165) is 21.1 Å². The molecule has 1 aromatic rings. The number of carbonyl (C=O) groups excluding carboxylic acids is 1. The van der Waals surface area contributed by atoms with Crippen LogP contribution in [-0.4, -0.2) is 18.6 Å². The number of esters is 1. The van der Waals surface area contributed by atoms with Crippen molar-refractivity contribution in [3.05, 3.63) is 26.6 Å². The van der Waals surface area contributed by atoms with E-state index in [0.29, 0.717) is 13.0 Å². The summed E-state index contributed by atoms with van der Waals surface area (Å²) in [5, 5.41) is 3.34. The quantitative estimate of drug-likeness (QED) is 0.836. The molecule has 1 aliphatic rings. The van der Waals surface area contributed by atoms with Gasteiger partial charge in [-0.15, -0.1) is 0 Å². The summed E-state index contributed by atoms with van der Waals surface area (Å²) in [6, 6.07) is 4.26. The molecular weight excluding hydrogens is 350 g/mol. The molecule has 1 heterocycles. The fourth-order valence-corrected chi connectivity index (χ4v) is 2.71. The Kier molecular flexibility index (Phi) is 4.09. The van der Waals surface area contributed by atoms with Crippen molar-refractivity contribution in [1.29, 1.82) is 0 Å². The van der Waals surface area contributed by atoms with Gasteiger partial charge in [-0.2, -0.15) is 0 Å². The molecule has 1 aliphatic heterocycles. The summed E-state index contributed by atoms with van der Waals surface area (Å²) in [5.74, 6) is -0.143. The molecule has 0 radical (unpaired) electrons. The van der Waals surface area contributed by atoms with Crippen LogP contribution >= 0.6 is 31.9 Å². The van der Waals surface area contributed by atoms with Crippen LogP contribution in [0.5, 0.6) is 0 Å². The average Bonchev–Trinajstić information content (AvgIpc) is 2.60. The Hall–Kier alpha value is -0.550. The van der Waals surface area contributed by atoms with Crippen molar-refractivity contribution in [3.63, 3.8) is 0 Å². The van der Waals surface area contributed by atoms with E-state index in [9.17, 15) is 4.79 Å². The van der Waals surface area contributed by atoms with Crippen LogP contribution in [0.4, 0.5) is 5.69 Å². The van der Waals surface area contributed by atoms with Crippen LogP contribution in [-0.2, 0) is 16.0 Å². The number of fused-ring (bicyclic) bond motifs is 1. The smallest absolute Gasteiger partial charge is 0.307 e. The van der Waals surface area contributed by atoms with Gasteiger partial charge in [0, 0.05) is 20.7 Å². The largest absolute Gasteiger partial charge is 0.466 e. The lowest BCUT2D eigenvalue weighted by Crippen LogP contribution is -2.21. The van der Waals surface area contributed by atoms with Gasteiger partial charge in [0.1, 0.15) is 0 Å². The molecular formula is C12H13Br2NO2. The molecule has 0 saturated carbocycles. The highest BCUT2D eigenvalue weighted by Crippen LogP contribution is 2.35. The van der Waals surface area contributed by atoms with E-state index in [1.165, 1.54) is 5.56 Å². The monoisotopic (exact) mass is 361 g/mol. The lowest BCUT2D eigenvalue weighted by Gasteiger charge is -2.09.